The van der Waals surface area contributed by atoms with Crippen LogP contribution in [0.15, 0.2) is 65.6 Å². The van der Waals surface area contributed by atoms with Gasteiger partial charge in [-0.05, 0) is 54.6 Å². The molecule has 0 unspecified atom stereocenters. The third-order valence-electron chi connectivity index (χ3n) is 4.59. The van der Waals surface area contributed by atoms with Gasteiger partial charge in [-0.3, -0.25) is 14.2 Å². The summed E-state index contributed by atoms with van der Waals surface area (Å²) in [6.45, 7) is 0. The van der Waals surface area contributed by atoms with Crippen molar-refractivity contribution in [3.8, 4) is 11.5 Å². The Kier molecular flexibility index (Phi) is 7.78. The van der Waals surface area contributed by atoms with Gasteiger partial charge in [0.1, 0.15) is 11.5 Å². The lowest BCUT2D eigenvalue weighted by Gasteiger charge is -2.13. The number of ether oxygens (including phenoxy) is 2. The third-order valence-corrected chi connectivity index (χ3v) is 6.89. The molecule has 0 aliphatic rings. The van der Waals surface area contributed by atoms with E-state index in [1.807, 2.05) is 0 Å². The molecule has 10 nitrogen and oxygen atoms in total. The normalized spacial score (nSPS) is 11.4. The molecule has 0 aliphatic carbocycles. The van der Waals surface area contributed by atoms with E-state index in [9.17, 15) is 21.6 Å². The largest absolute Gasteiger partial charge is 0.497 e. The molecule has 0 spiro atoms. The number of benzene rings is 3. The first-order valence-electron chi connectivity index (χ1n) is 9.85. The highest BCUT2D eigenvalue weighted by Crippen LogP contribution is 2.31. The van der Waals surface area contributed by atoms with Gasteiger partial charge in [0.25, 0.3) is 15.9 Å². The van der Waals surface area contributed by atoms with Gasteiger partial charge in [-0.1, -0.05) is 11.6 Å². The number of hydrogen-bond acceptors (Lipinski definition) is 7. The van der Waals surface area contributed by atoms with Crippen molar-refractivity contribution in [2.24, 2.45) is 0 Å². The zero-order valence-corrected chi connectivity index (χ0v) is 21.2. The van der Waals surface area contributed by atoms with Crippen LogP contribution in [-0.4, -0.2) is 43.2 Å². The van der Waals surface area contributed by atoms with Crippen LogP contribution in [0.5, 0.6) is 11.5 Å². The Bertz CT molecular complexity index is 1460. The summed E-state index contributed by atoms with van der Waals surface area (Å²) < 4.78 is 63.3. The Hall–Kier alpha value is -3.48. The highest BCUT2D eigenvalue weighted by Gasteiger charge is 2.18. The molecule has 3 aromatic carbocycles. The van der Waals surface area contributed by atoms with Gasteiger partial charge in [0.2, 0.25) is 10.0 Å². The molecule has 0 bridgehead atoms. The maximum Gasteiger partial charge on any atom is 0.262 e. The van der Waals surface area contributed by atoms with Crippen LogP contribution in [0, 0.1) is 0 Å². The molecule has 0 fully saturated rings. The maximum absolute atomic E-state index is 12.8. The van der Waals surface area contributed by atoms with Gasteiger partial charge in [0.15, 0.2) is 0 Å². The Labute approximate surface area is 208 Å². The van der Waals surface area contributed by atoms with E-state index in [1.165, 1.54) is 62.8 Å². The molecule has 1 amide bonds. The van der Waals surface area contributed by atoms with Gasteiger partial charge in [0.05, 0.1) is 41.6 Å². The van der Waals surface area contributed by atoms with Gasteiger partial charge in [-0.2, -0.15) is 0 Å². The average molecular weight is 540 g/mol. The molecule has 13 heteroatoms. The van der Waals surface area contributed by atoms with E-state index in [4.69, 9.17) is 21.1 Å². The summed E-state index contributed by atoms with van der Waals surface area (Å²) in [7, 11) is -4.55. The van der Waals surface area contributed by atoms with E-state index in [-0.39, 0.29) is 32.6 Å². The Morgan fingerprint density at radius 2 is 1.49 bits per heavy atom. The second kappa shape index (κ2) is 10.4. The number of sulfonamides is 2. The summed E-state index contributed by atoms with van der Waals surface area (Å²) >= 11 is 6.12. The summed E-state index contributed by atoms with van der Waals surface area (Å²) in [5.74, 6) is 0.232. The molecule has 3 N–H and O–H groups in total. The van der Waals surface area contributed by atoms with Gasteiger partial charge in [-0.15, -0.1) is 0 Å². The predicted octanol–water partition coefficient (Wildman–Crippen LogP) is 3.78. The first-order valence-corrected chi connectivity index (χ1v) is 13.6. The lowest BCUT2D eigenvalue weighted by atomic mass is 10.2. The summed E-state index contributed by atoms with van der Waals surface area (Å²) in [6, 6.07) is 14.2. The smallest absolute Gasteiger partial charge is 0.262 e. The van der Waals surface area contributed by atoms with Crippen molar-refractivity contribution in [3.05, 3.63) is 71.2 Å². The van der Waals surface area contributed by atoms with Crippen molar-refractivity contribution in [1.82, 2.24) is 0 Å². The molecule has 0 radical (unpaired) electrons. The second-order valence-corrected chi connectivity index (χ2v) is 11.1. The molecular weight excluding hydrogens is 518 g/mol. The van der Waals surface area contributed by atoms with Crippen molar-refractivity contribution in [1.29, 1.82) is 0 Å². The fourth-order valence-electron chi connectivity index (χ4n) is 2.98. The van der Waals surface area contributed by atoms with E-state index < -0.39 is 26.0 Å². The van der Waals surface area contributed by atoms with Crippen LogP contribution in [0.25, 0.3) is 0 Å². The summed E-state index contributed by atoms with van der Waals surface area (Å²) in [5, 5.41) is 2.65. The number of rotatable bonds is 9. The molecule has 186 valence electrons. The number of hydrogen-bond donors (Lipinski definition) is 3. The third kappa shape index (κ3) is 6.78. The van der Waals surface area contributed by atoms with E-state index in [2.05, 4.69) is 14.8 Å². The average Bonchev–Trinajstić information content (AvgIpc) is 2.78. The number of methoxy groups -OCH3 is 2. The van der Waals surface area contributed by atoms with Crippen LogP contribution in [0.4, 0.5) is 17.1 Å². The summed E-state index contributed by atoms with van der Waals surface area (Å²) in [4.78, 5) is 12.5. The minimum Gasteiger partial charge on any atom is -0.497 e. The topological polar surface area (TPSA) is 140 Å². The van der Waals surface area contributed by atoms with Crippen LogP contribution in [0.3, 0.4) is 0 Å². The Morgan fingerprint density at radius 3 is 2.06 bits per heavy atom. The second-order valence-electron chi connectivity index (χ2n) is 7.22. The molecule has 3 aromatic rings. The molecule has 35 heavy (non-hydrogen) atoms. The standard InChI is InChI=1S/C22H22ClN3O7S2/c1-32-16-7-11-20(21(13-16)33-2)26-35(30,31)17-8-4-14(5-9-17)24-22(27)18-10-6-15(12-19(18)23)25-34(3,28)29/h4-13,25-26H,1-3H3,(H,24,27). The summed E-state index contributed by atoms with van der Waals surface area (Å²) in [5.41, 5.74) is 0.875. The zero-order valence-electron chi connectivity index (χ0n) is 18.8. The van der Waals surface area contributed by atoms with Gasteiger partial charge >= 0.3 is 0 Å². The molecule has 3 rings (SSSR count). The lowest BCUT2D eigenvalue weighted by Crippen LogP contribution is -2.15. The van der Waals surface area contributed by atoms with E-state index in [0.717, 1.165) is 6.26 Å². The lowest BCUT2D eigenvalue weighted by molar-refractivity contribution is 0.102. The van der Waals surface area contributed by atoms with Crippen LogP contribution >= 0.6 is 11.6 Å². The molecule has 0 saturated heterocycles. The number of anilines is 3. The molecule has 0 heterocycles. The number of carbonyl (C=O) groups is 1. The molecule has 0 aliphatic heterocycles. The molecule has 0 atom stereocenters. The van der Waals surface area contributed by atoms with Gasteiger partial charge in [0, 0.05) is 17.4 Å². The van der Waals surface area contributed by atoms with E-state index in [0.29, 0.717) is 11.4 Å². The van der Waals surface area contributed by atoms with Gasteiger partial charge in [-0.25, -0.2) is 16.8 Å². The van der Waals surface area contributed by atoms with Crippen molar-refractivity contribution in [2.75, 3.05) is 35.2 Å². The zero-order chi connectivity index (χ0) is 25.8. The molecular formula is C22H22ClN3O7S2. The molecule has 0 saturated carbocycles. The van der Waals surface area contributed by atoms with Crippen molar-refractivity contribution in [3.63, 3.8) is 0 Å². The van der Waals surface area contributed by atoms with E-state index in [1.54, 1.807) is 12.1 Å². The Morgan fingerprint density at radius 1 is 0.829 bits per heavy atom. The minimum absolute atomic E-state index is 0.0352. The van der Waals surface area contributed by atoms with Crippen LogP contribution < -0.4 is 24.2 Å². The van der Waals surface area contributed by atoms with Crippen LogP contribution in [-0.2, 0) is 20.0 Å². The maximum atomic E-state index is 12.8. The SMILES string of the molecule is COc1ccc(NS(=O)(=O)c2ccc(NC(=O)c3ccc(NS(C)(=O)=O)cc3Cl)cc2)c(OC)c1. The van der Waals surface area contributed by atoms with Crippen molar-refractivity contribution < 1.29 is 31.1 Å². The van der Waals surface area contributed by atoms with Crippen molar-refractivity contribution in [2.45, 2.75) is 4.90 Å². The Balaban J connectivity index is 1.74. The minimum atomic E-state index is -3.95. The number of halogens is 1. The fraction of sp³-hybridized carbons (Fsp3) is 0.136. The van der Waals surface area contributed by atoms with Crippen LogP contribution in [0.2, 0.25) is 5.02 Å². The predicted molar refractivity (Wildman–Crippen MR) is 135 cm³/mol. The molecule has 0 aromatic heterocycles. The highest BCUT2D eigenvalue weighted by molar-refractivity contribution is 7.92. The monoisotopic (exact) mass is 539 g/mol. The number of amides is 1. The quantitative estimate of drug-likeness (QED) is 0.376. The number of nitrogens with one attached hydrogen (secondary N) is 3. The van der Waals surface area contributed by atoms with Crippen molar-refractivity contribution >= 4 is 54.6 Å². The van der Waals surface area contributed by atoms with Gasteiger partial charge < -0.3 is 14.8 Å². The first kappa shape index (κ1) is 26.1. The fourth-order valence-corrected chi connectivity index (χ4v) is 4.87. The van der Waals surface area contributed by atoms with E-state index >= 15 is 0 Å². The highest BCUT2D eigenvalue weighted by atomic mass is 35.5. The first-order chi connectivity index (χ1) is 16.4. The number of carbonyl (C=O) groups excluding carboxylic acids is 1. The summed E-state index contributed by atoms with van der Waals surface area (Å²) in [6.07, 6.45) is 0.994. The van der Waals surface area contributed by atoms with Crippen LogP contribution in [0.1, 0.15) is 10.4 Å².